The van der Waals surface area contributed by atoms with E-state index >= 15 is 0 Å². The first-order valence-electron chi connectivity index (χ1n) is 5.30. The molecule has 4 nitrogen and oxygen atoms in total. The molecule has 4 heteroatoms. The van der Waals surface area contributed by atoms with Crippen LogP contribution in [0.4, 0.5) is 0 Å². The van der Waals surface area contributed by atoms with E-state index in [4.69, 9.17) is 10.5 Å². The molecule has 15 heavy (non-hydrogen) atoms. The Morgan fingerprint density at radius 2 is 2.40 bits per heavy atom. The van der Waals surface area contributed by atoms with Gasteiger partial charge in [-0.3, -0.25) is 4.79 Å². The maximum absolute atomic E-state index is 11.5. The first-order chi connectivity index (χ1) is 7.29. The zero-order valence-corrected chi connectivity index (χ0v) is 8.69. The number of pyridine rings is 1. The summed E-state index contributed by atoms with van der Waals surface area (Å²) in [5, 5.41) is 0. The van der Waals surface area contributed by atoms with Gasteiger partial charge in [0.25, 0.3) is 5.56 Å². The molecule has 1 unspecified atom stereocenters. The average molecular weight is 208 g/mol. The molecule has 1 fully saturated rings. The number of ether oxygens (including phenoxy) is 1. The highest BCUT2D eigenvalue weighted by Crippen LogP contribution is 2.13. The summed E-state index contributed by atoms with van der Waals surface area (Å²) in [5.74, 6) is 0. The number of rotatable bonds is 3. The molecular formula is C11H16N2O2. The lowest BCUT2D eigenvalue weighted by molar-refractivity contribution is 0.0961. The van der Waals surface area contributed by atoms with Crippen molar-refractivity contribution in [2.24, 2.45) is 5.73 Å². The highest BCUT2D eigenvalue weighted by atomic mass is 16.5. The van der Waals surface area contributed by atoms with Gasteiger partial charge in [0, 0.05) is 25.4 Å². The molecule has 1 aromatic rings. The smallest absolute Gasteiger partial charge is 0.250 e. The van der Waals surface area contributed by atoms with Crippen LogP contribution in [-0.2, 0) is 17.8 Å². The molecule has 2 rings (SSSR count). The Morgan fingerprint density at radius 1 is 1.53 bits per heavy atom. The van der Waals surface area contributed by atoms with Gasteiger partial charge in [-0.1, -0.05) is 6.07 Å². The van der Waals surface area contributed by atoms with Crippen LogP contribution >= 0.6 is 0 Å². The molecule has 0 saturated carbocycles. The number of aromatic nitrogens is 1. The largest absolute Gasteiger partial charge is 0.376 e. The van der Waals surface area contributed by atoms with Gasteiger partial charge in [-0.2, -0.15) is 0 Å². The Hall–Kier alpha value is -1.13. The fourth-order valence-corrected chi connectivity index (χ4v) is 1.85. The standard InChI is InChI=1S/C11H16N2O2/c12-6-9-3-4-11(14)13(7-9)8-10-2-1-5-15-10/h3-4,7,10H,1-2,5-6,8,12H2. The number of nitrogens with two attached hydrogens (primary N) is 1. The third-order valence-corrected chi connectivity index (χ3v) is 2.70. The fraction of sp³-hybridized carbons (Fsp3) is 0.545. The molecule has 82 valence electrons. The Balaban J connectivity index is 2.15. The van der Waals surface area contributed by atoms with E-state index in [0.717, 1.165) is 25.0 Å². The van der Waals surface area contributed by atoms with Crippen molar-refractivity contribution in [1.29, 1.82) is 0 Å². The van der Waals surface area contributed by atoms with E-state index in [0.29, 0.717) is 13.1 Å². The first kappa shape index (κ1) is 10.4. The van der Waals surface area contributed by atoms with Gasteiger partial charge in [0.05, 0.1) is 12.6 Å². The topological polar surface area (TPSA) is 57.2 Å². The van der Waals surface area contributed by atoms with Crippen molar-refractivity contribution < 1.29 is 4.74 Å². The van der Waals surface area contributed by atoms with Crippen LogP contribution in [0.1, 0.15) is 18.4 Å². The van der Waals surface area contributed by atoms with Crippen molar-refractivity contribution in [1.82, 2.24) is 4.57 Å². The Kier molecular flexibility index (Phi) is 3.18. The van der Waals surface area contributed by atoms with Crippen LogP contribution in [-0.4, -0.2) is 17.3 Å². The highest BCUT2D eigenvalue weighted by molar-refractivity contribution is 5.09. The average Bonchev–Trinajstić information content (AvgIpc) is 2.74. The minimum Gasteiger partial charge on any atom is -0.376 e. The van der Waals surface area contributed by atoms with Crippen LogP contribution in [0.25, 0.3) is 0 Å². The lowest BCUT2D eigenvalue weighted by Gasteiger charge is -2.12. The van der Waals surface area contributed by atoms with Gasteiger partial charge in [-0.05, 0) is 18.4 Å². The van der Waals surface area contributed by atoms with Gasteiger partial charge in [0.1, 0.15) is 0 Å². The Bertz CT molecular complexity index is 380. The molecule has 0 aliphatic carbocycles. The summed E-state index contributed by atoms with van der Waals surface area (Å²) < 4.78 is 7.19. The number of nitrogens with zero attached hydrogens (tertiary/aromatic N) is 1. The lowest BCUT2D eigenvalue weighted by atomic mass is 10.2. The molecule has 0 aromatic carbocycles. The normalized spacial score (nSPS) is 20.7. The van der Waals surface area contributed by atoms with Crippen molar-refractivity contribution in [3.05, 3.63) is 34.2 Å². The van der Waals surface area contributed by atoms with Crippen LogP contribution in [0.15, 0.2) is 23.1 Å². The van der Waals surface area contributed by atoms with Crippen LogP contribution < -0.4 is 11.3 Å². The summed E-state index contributed by atoms with van der Waals surface area (Å²) in [7, 11) is 0. The predicted molar refractivity (Wildman–Crippen MR) is 57.6 cm³/mol. The first-order valence-corrected chi connectivity index (χ1v) is 5.30. The predicted octanol–water partition coefficient (Wildman–Crippen LogP) is 0.486. The Labute approximate surface area is 88.7 Å². The van der Waals surface area contributed by atoms with E-state index in [1.54, 1.807) is 16.7 Å². The van der Waals surface area contributed by atoms with E-state index in [9.17, 15) is 4.79 Å². The van der Waals surface area contributed by atoms with E-state index < -0.39 is 0 Å². The summed E-state index contributed by atoms with van der Waals surface area (Å²) in [6, 6.07) is 3.34. The van der Waals surface area contributed by atoms with Gasteiger partial charge in [-0.25, -0.2) is 0 Å². The third-order valence-electron chi connectivity index (χ3n) is 2.70. The van der Waals surface area contributed by atoms with Gasteiger partial charge < -0.3 is 15.0 Å². The molecule has 1 atom stereocenters. The van der Waals surface area contributed by atoms with Crippen molar-refractivity contribution in [3.8, 4) is 0 Å². The monoisotopic (exact) mass is 208 g/mol. The second kappa shape index (κ2) is 4.59. The molecule has 1 aliphatic heterocycles. The molecular weight excluding hydrogens is 192 g/mol. The van der Waals surface area contributed by atoms with Crippen LogP contribution in [0.5, 0.6) is 0 Å². The molecule has 1 aliphatic rings. The van der Waals surface area contributed by atoms with E-state index in [1.807, 2.05) is 6.20 Å². The summed E-state index contributed by atoms with van der Waals surface area (Å²) in [6.45, 7) is 1.93. The SMILES string of the molecule is NCc1ccc(=O)n(CC2CCCO2)c1. The zero-order valence-electron chi connectivity index (χ0n) is 8.69. The number of hydrogen-bond acceptors (Lipinski definition) is 3. The van der Waals surface area contributed by atoms with Crippen molar-refractivity contribution >= 4 is 0 Å². The van der Waals surface area contributed by atoms with Gasteiger partial charge >= 0.3 is 0 Å². The molecule has 1 saturated heterocycles. The fourth-order valence-electron chi connectivity index (χ4n) is 1.85. The minimum absolute atomic E-state index is 0.0164. The third kappa shape index (κ3) is 2.46. The highest BCUT2D eigenvalue weighted by Gasteiger charge is 2.16. The van der Waals surface area contributed by atoms with E-state index in [-0.39, 0.29) is 11.7 Å². The number of hydrogen-bond donors (Lipinski definition) is 1. The van der Waals surface area contributed by atoms with Gasteiger partial charge in [0.2, 0.25) is 0 Å². The summed E-state index contributed by atoms with van der Waals surface area (Å²) >= 11 is 0. The van der Waals surface area contributed by atoms with E-state index in [1.165, 1.54) is 0 Å². The molecule has 2 heterocycles. The van der Waals surface area contributed by atoms with E-state index in [2.05, 4.69) is 0 Å². The Morgan fingerprint density at radius 3 is 3.07 bits per heavy atom. The molecule has 1 aromatic heterocycles. The lowest BCUT2D eigenvalue weighted by Crippen LogP contribution is -2.26. The molecule has 0 bridgehead atoms. The van der Waals surface area contributed by atoms with Crippen LogP contribution in [0.3, 0.4) is 0 Å². The second-order valence-corrected chi connectivity index (χ2v) is 3.87. The molecule has 0 radical (unpaired) electrons. The quantitative estimate of drug-likeness (QED) is 0.786. The molecule has 2 N–H and O–H groups in total. The molecule has 0 spiro atoms. The second-order valence-electron chi connectivity index (χ2n) is 3.87. The van der Waals surface area contributed by atoms with Crippen LogP contribution in [0, 0.1) is 0 Å². The van der Waals surface area contributed by atoms with Crippen molar-refractivity contribution in [3.63, 3.8) is 0 Å². The van der Waals surface area contributed by atoms with Crippen LogP contribution in [0.2, 0.25) is 0 Å². The van der Waals surface area contributed by atoms with Gasteiger partial charge in [0.15, 0.2) is 0 Å². The maximum atomic E-state index is 11.5. The summed E-state index contributed by atoms with van der Waals surface area (Å²) in [4.78, 5) is 11.5. The zero-order chi connectivity index (χ0) is 10.7. The minimum atomic E-state index is 0.0164. The van der Waals surface area contributed by atoms with Crippen molar-refractivity contribution in [2.75, 3.05) is 6.61 Å². The maximum Gasteiger partial charge on any atom is 0.250 e. The summed E-state index contributed by atoms with van der Waals surface area (Å²) in [6.07, 6.45) is 4.15. The molecule has 0 amide bonds. The summed E-state index contributed by atoms with van der Waals surface area (Å²) in [5.41, 5.74) is 6.53. The van der Waals surface area contributed by atoms with Gasteiger partial charge in [-0.15, -0.1) is 0 Å². The van der Waals surface area contributed by atoms with Crippen molar-refractivity contribution in [2.45, 2.75) is 32.0 Å².